The van der Waals surface area contributed by atoms with Gasteiger partial charge < -0.3 is 14.6 Å². The van der Waals surface area contributed by atoms with Gasteiger partial charge in [0.15, 0.2) is 0 Å². The van der Waals surface area contributed by atoms with E-state index in [9.17, 15) is 9.59 Å². The normalized spacial score (nSPS) is 16.7. The molecule has 0 radical (unpaired) electrons. The van der Waals surface area contributed by atoms with Crippen molar-refractivity contribution in [1.82, 2.24) is 4.90 Å². The lowest BCUT2D eigenvalue weighted by atomic mass is 9.84. The van der Waals surface area contributed by atoms with Crippen molar-refractivity contribution in [3.63, 3.8) is 0 Å². The molecule has 5 nitrogen and oxygen atoms in total. The molecule has 1 aliphatic carbocycles. The first-order valence-electron chi connectivity index (χ1n) is 9.44. The first-order chi connectivity index (χ1) is 12.6. The Labute approximate surface area is 153 Å². The number of anilines is 1. The minimum atomic E-state index is -0.00830. The van der Waals surface area contributed by atoms with Gasteiger partial charge in [-0.05, 0) is 31.0 Å². The molecule has 0 spiro atoms. The summed E-state index contributed by atoms with van der Waals surface area (Å²) in [7, 11) is 0. The number of carbonyl (C=O) groups excluding carboxylic acids is 2. The summed E-state index contributed by atoms with van der Waals surface area (Å²) in [5.41, 5.74) is 2.80. The third-order valence-corrected chi connectivity index (χ3v) is 5.38. The number of benzene rings is 1. The van der Waals surface area contributed by atoms with Crippen molar-refractivity contribution in [3.8, 4) is 11.3 Å². The molecule has 1 aromatic carbocycles. The van der Waals surface area contributed by atoms with Crippen LogP contribution < -0.4 is 5.32 Å². The number of carbonyl (C=O) groups is 2. The van der Waals surface area contributed by atoms with E-state index in [4.69, 9.17) is 4.42 Å². The van der Waals surface area contributed by atoms with Gasteiger partial charge in [-0.15, -0.1) is 0 Å². The molecule has 1 N–H and O–H groups in total. The van der Waals surface area contributed by atoms with E-state index in [2.05, 4.69) is 5.32 Å². The molecule has 1 saturated carbocycles. The first kappa shape index (κ1) is 16.9. The largest absolute Gasteiger partial charge is 0.461 e. The lowest BCUT2D eigenvalue weighted by Gasteiger charge is -2.33. The van der Waals surface area contributed by atoms with Gasteiger partial charge in [-0.25, -0.2) is 0 Å². The molecule has 26 heavy (non-hydrogen) atoms. The summed E-state index contributed by atoms with van der Waals surface area (Å²) in [5, 5.41) is 2.88. The Bertz CT molecular complexity index is 836. The van der Waals surface area contributed by atoms with E-state index < -0.39 is 0 Å². The topological polar surface area (TPSA) is 62.6 Å². The van der Waals surface area contributed by atoms with Gasteiger partial charge in [0.25, 0.3) is 0 Å². The van der Waals surface area contributed by atoms with E-state index in [0.29, 0.717) is 18.9 Å². The summed E-state index contributed by atoms with van der Waals surface area (Å²) in [6.07, 6.45) is 4.46. The highest BCUT2D eigenvalue weighted by Crippen LogP contribution is 2.33. The molecular formula is C21H24N2O3. The van der Waals surface area contributed by atoms with Crippen LogP contribution in [-0.4, -0.2) is 23.3 Å². The Hall–Kier alpha value is -2.56. The van der Waals surface area contributed by atoms with Crippen molar-refractivity contribution in [1.29, 1.82) is 0 Å². The maximum atomic E-state index is 12.5. The Morgan fingerprint density at radius 2 is 2.12 bits per heavy atom. The predicted molar refractivity (Wildman–Crippen MR) is 99.5 cm³/mol. The van der Waals surface area contributed by atoms with Gasteiger partial charge in [0.05, 0.1) is 0 Å². The number of amides is 2. The number of furan rings is 1. The molecule has 136 valence electrons. The van der Waals surface area contributed by atoms with E-state index in [1.165, 1.54) is 6.42 Å². The zero-order valence-corrected chi connectivity index (χ0v) is 15.1. The first-order valence-corrected chi connectivity index (χ1v) is 9.44. The van der Waals surface area contributed by atoms with Crippen molar-refractivity contribution in [2.75, 3.05) is 11.9 Å². The zero-order chi connectivity index (χ0) is 18.1. The minimum absolute atomic E-state index is 0.00830. The molecule has 2 heterocycles. The van der Waals surface area contributed by atoms with Crippen LogP contribution in [0.5, 0.6) is 0 Å². The van der Waals surface area contributed by atoms with Crippen molar-refractivity contribution < 1.29 is 14.0 Å². The van der Waals surface area contributed by atoms with Crippen molar-refractivity contribution >= 4 is 17.5 Å². The minimum Gasteiger partial charge on any atom is -0.461 e. The highest BCUT2D eigenvalue weighted by molar-refractivity contribution is 5.91. The third kappa shape index (κ3) is 3.26. The Morgan fingerprint density at radius 3 is 2.85 bits per heavy atom. The van der Waals surface area contributed by atoms with Crippen molar-refractivity contribution in [2.24, 2.45) is 5.92 Å². The van der Waals surface area contributed by atoms with Crippen LogP contribution in [0.3, 0.4) is 0 Å². The maximum Gasteiger partial charge on any atom is 0.225 e. The average molecular weight is 352 g/mol. The van der Waals surface area contributed by atoms with Crippen LogP contribution in [0.4, 0.5) is 5.69 Å². The number of rotatable bonds is 4. The van der Waals surface area contributed by atoms with E-state index in [0.717, 1.165) is 54.1 Å². The van der Waals surface area contributed by atoms with Gasteiger partial charge in [0, 0.05) is 48.7 Å². The average Bonchev–Trinajstić information content (AvgIpc) is 3.03. The van der Waals surface area contributed by atoms with E-state index in [-0.39, 0.29) is 11.8 Å². The molecule has 0 bridgehead atoms. The fraction of sp³-hybridized carbons (Fsp3) is 0.429. The highest BCUT2D eigenvalue weighted by atomic mass is 16.3. The van der Waals surface area contributed by atoms with Crippen LogP contribution in [0.1, 0.15) is 43.9 Å². The summed E-state index contributed by atoms with van der Waals surface area (Å²) in [6, 6.07) is 9.72. The quantitative estimate of drug-likeness (QED) is 0.905. The molecule has 2 aromatic rings. The standard InChI is InChI=1S/C21H24N2O3/c1-2-20(24)22-17-8-4-7-15(11-17)19-12-16-13-23(10-9-18(16)26-19)21(25)14-5-3-6-14/h4,7-8,11-12,14H,2-3,5-6,9-10,13H2,1H3,(H,22,24). The molecule has 2 amide bonds. The van der Waals surface area contributed by atoms with Crippen LogP contribution in [0, 0.1) is 5.92 Å². The van der Waals surface area contributed by atoms with Crippen molar-refractivity contribution in [2.45, 2.75) is 45.6 Å². The molecule has 0 atom stereocenters. The van der Waals surface area contributed by atoms with E-state index in [1.54, 1.807) is 0 Å². The monoisotopic (exact) mass is 352 g/mol. The second-order valence-electron chi connectivity index (χ2n) is 7.18. The van der Waals surface area contributed by atoms with Gasteiger partial charge in [-0.1, -0.05) is 25.5 Å². The Morgan fingerprint density at radius 1 is 1.27 bits per heavy atom. The van der Waals surface area contributed by atoms with Crippen LogP contribution in [0.2, 0.25) is 0 Å². The van der Waals surface area contributed by atoms with Crippen LogP contribution in [0.25, 0.3) is 11.3 Å². The van der Waals surface area contributed by atoms with E-state index >= 15 is 0 Å². The second-order valence-corrected chi connectivity index (χ2v) is 7.18. The molecule has 0 unspecified atom stereocenters. The van der Waals surface area contributed by atoms with Crippen molar-refractivity contribution in [3.05, 3.63) is 41.7 Å². The number of nitrogens with zero attached hydrogens (tertiary/aromatic N) is 1. The molecule has 1 fully saturated rings. The maximum absolute atomic E-state index is 12.5. The molecular weight excluding hydrogens is 328 g/mol. The molecule has 5 heteroatoms. The summed E-state index contributed by atoms with van der Waals surface area (Å²) < 4.78 is 6.06. The predicted octanol–water partition coefficient (Wildman–Crippen LogP) is 3.98. The molecule has 0 saturated heterocycles. The SMILES string of the molecule is CCC(=O)Nc1cccc(-c2cc3c(o2)CCN(C(=O)C2CCC2)C3)c1. The Kier molecular flexibility index (Phi) is 4.53. The lowest BCUT2D eigenvalue weighted by Crippen LogP contribution is -2.41. The van der Waals surface area contributed by atoms with E-state index in [1.807, 2.05) is 42.2 Å². The van der Waals surface area contributed by atoms with Gasteiger partial charge in [-0.3, -0.25) is 9.59 Å². The number of hydrogen-bond donors (Lipinski definition) is 1. The lowest BCUT2D eigenvalue weighted by molar-refractivity contribution is -0.139. The van der Waals surface area contributed by atoms with Crippen LogP contribution >= 0.6 is 0 Å². The summed E-state index contributed by atoms with van der Waals surface area (Å²) in [6.45, 7) is 3.21. The number of nitrogens with one attached hydrogen (secondary N) is 1. The molecule has 4 rings (SSSR count). The fourth-order valence-corrected chi connectivity index (χ4v) is 3.58. The third-order valence-electron chi connectivity index (χ3n) is 5.38. The summed E-state index contributed by atoms with van der Waals surface area (Å²) in [5.74, 6) is 2.29. The summed E-state index contributed by atoms with van der Waals surface area (Å²) >= 11 is 0. The molecule has 1 aliphatic heterocycles. The Balaban J connectivity index is 1.52. The molecule has 2 aliphatic rings. The molecule has 1 aromatic heterocycles. The van der Waals surface area contributed by atoms with Gasteiger partial charge >= 0.3 is 0 Å². The van der Waals surface area contributed by atoms with Crippen LogP contribution in [-0.2, 0) is 22.6 Å². The smallest absolute Gasteiger partial charge is 0.225 e. The summed E-state index contributed by atoms with van der Waals surface area (Å²) in [4.78, 5) is 26.1. The van der Waals surface area contributed by atoms with Gasteiger partial charge in [0.2, 0.25) is 11.8 Å². The van der Waals surface area contributed by atoms with Crippen LogP contribution in [0.15, 0.2) is 34.7 Å². The number of fused-ring (bicyclic) bond motifs is 1. The van der Waals surface area contributed by atoms with Gasteiger partial charge in [-0.2, -0.15) is 0 Å². The van der Waals surface area contributed by atoms with Gasteiger partial charge in [0.1, 0.15) is 11.5 Å². The highest BCUT2D eigenvalue weighted by Gasteiger charge is 2.32. The fourth-order valence-electron chi connectivity index (χ4n) is 3.58. The number of hydrogen-bond acceptors (Lipinski definition) is 3. The zero-order valence-electron chi connectivity index (χ0n) is 15.1. The second kappa shape index (κ2) is 6.98.